The Bertz CT molecular complexity index is 1660. The molecule has 0 saturated heterocycles. The molecule has 1 aromatic carbocycles. The largest absolute Gasteiger partial charge is 0.480 e. The summed E-state index contributed by atoms with van der Waals surface area (Å²) in [6.07, 6.45) is 3.58. The highest BCUT2D eigenvalue weighted by atomic mass is 35.5. The van der Waals surface area contributed by atoms with Gasteiger partial charge in [0, 0.05) is 29.9 Å². The van der Waals surface area contributed by atoms with Crippen molar-refractivity contribution in [2.75, 3.05) is 7.11 Å². The van der Waals surface area contributed by atoms with Crippen molar-refractivity contribution in [3.05, 3.63) is 66.1 Å². The fraction of sp³-hybridized carbons (Fsp3) is 0.333. The molecule has 1 aliphatic rings. The lowest BCUT2D eigenvalue weighted by Crippen LogP contribution is -2.05. The van der Waals surface area contributed by atoms with Gasteiger partial charge in [-0.2, -0.15) is 18.3 Å². The number of ether oxygens (including phenoxy) is 1. The molecule has 6 rings (SSSR count). The van der Waals surface area contributed by atoms with Crippen LogP contribution in [0.25, 0.3) is 33.8 Å². The van der Waals surface area contributed by atoms with E-state index in [0.29, 0.717) is 40.9 Å². The van der Waals surface area contributed by atoms with E-state index in [0.717, 1.165) is 35.7 Å². The van der Waals surface area contributed by atoms with Gasteiger partial charge in [-0.05, 0) is 32.3 Å². The Morgan fingerprint density at radius 3 is 2.39 bits per heavy atom. The molecular formula is C27H28ClF3N8O2. The molecule has 216 valence electrons. The van der Waals surface area contributed by atoms with Gasteiger partial charge in [-0.15, -0.1) is 12.4 Å². The number of hydrogen-bond donors (Lipinski definition) is 0. The zero-order valence-electron chi connectivity index (χ0n) is 22.4. The molecule has 10 nitrogen and oxygen atoms in total. The number of rotatable bonds is 7. The molecule has 1 fully saturated rings. The third-order valence-electron chi connectivity index (χ3n) is 6.72. The van der Waals surface area contributed by atoms with Crippen molar-refractivity contribution < 1.29 is 23.4 Å². The first-order chi connectivity index (χ1) is 18.7. The van der Waals surface area contributed by atoms with Crippen LogP contribution in [-0.4, -0.2) is 51.9 Å². The fourth-order valence-corrected chi connectivity index (χ4v) is 4.59. The Balaban J connectivity index is 0.00000194. The summed E-state index contributed by atoms with van der Waals surface area (Å²) in [4.78, 5) is 22.0. The lowest BCUT2D eigenvalue weighted by Gasteiger charge is -2.12. The molecule has 0 atom stereocenters. The Morgan fingerprint density at radius 1 is 1.02 bits per heavy atom. The first kappa shape index (κ1) is 29.9. The van der Waals surface area contributed by atoms with E-state index in [1.165, 1.54) is 10.9 Å². The highest BCUT2D eigenvalue weighted by Gasteiger charge is 2.35. The minimum absolute atomic E-state index is 0. The van der Waals surface area contributed by atoms with Crippen LogP contribution in [0.1, 0.15) is 55.6 Å². The number of hydrogen-bond acceptors (Lipinski definition) is 7. The highest BCUT2D eigenvalue weighted by molar-refractivity contribution is 5.85. The number of fused-ring (bicyclic) bond motifs is 1. The summed E-state index contributed by atoms with van der Waals surface area (Å²) in [5.74, 6) is 1.52. The van der Waals surface area contributed by atoms with Crippen LogP contribution in [0.4, 0.5) is 13.2 Å². The smallest absolute Gasteiger partial charge is 0.434 e. The quantitative estimate of drug-likeness (QED) is 0.253. The molecule has 41 heavy (non-hydrogen) atoms. The van der Waals surface area contributed by atoms with Crippen LogP contribution in [0.3, 0.4) is 0 Å². The topological polar surface area (TPSA) is 128 Å². The zero-order chi connectivity index (χ0) is 27.3. The van der Waals surface area contributed by atoms with Gasteiger partial charge in [-0.25, -0.2) is 29.6 Å². The van der Waals surface area contributed by atoms with E-state index in [1.54, 1.807) is 36.3 Å². The summed E-state index contributed by atoms with van der Waals surface area (Å²) in [7, 11) is 1.56. The average Bonchev–Trinajstić information content (AvgIpc) is 3.53. The van der Waals surface area contributed by atoms with Crippen molar-refractivity contribution in [2.24, 2.45) is 0 Å². The molecular weight excluding hydrogens is 561 g/mol. The monoisotopic (exact) mass is 588 g/mol. The van der Waals surface area contributed by atoms with Gasteiger partial charge >= 0.3 is 6.18 Å². The summed E-state index contributed by atoms with van der Waals surface area (Å²) in [5.41, 5.74) is 2.82. The van der Waals surface area contributed by atoms with E-state index in [2.05, 4.69) is 25.0 Å². The second-order valence-electron chi connectivity index (χ2n) is 9.84. The third kappa shape index (κ3) is 5.72. The Morgan fingerprint density at radius 2 is 1.76 bits per heavy atom. The SMILES string of the molecule is COc1ncnc(C2CC2)c1-c1ncc2cnn(Cc3ccc(-c4nc(C(F)(F)F)cn4C(C)C)cc3)c2n1.Cl.O. The number of alkyl halides is 3. The normalized spacial score (nSPS) is 13.2. The number of imidazole rings is 1. The molecule has 0 unspecified atom stereocenters. The molecule has 5 aromatic rings. The van der Waals surface area contributed by atoms with Gasteiger partial charge in [-0.3, -0.25) is 0 Å². The predicted octanol–water partition coefficient (Wildman–Crippen LogP) is 5.28. The van der Waals surface area contributed by atoms with Crippen molar-refractivity contribution in [3.8, 4) is 28.7 Å². The lowest BCUT2D eigenvalue weighted by molar-refractivity contribution is -0.140. The minimum Gasteiger partial charge on any atom is -0.480 e. The highest BCUT2D eigenvalue weighted by Crippen LogP contribution is 2.44. The Labute approximate surface area is 239 Å². The first-order valence-electron chi connectivity index (χ1n) is 12.6. The van der Waals surface area contributed by atoms with E-state index in [-0.39, 0.29) is 29.7 Å². The molecule has 4 heterocycles. The maximum atomic E-state index is 13.3. The molecule has 0 bridgehead atoms. The number of aromatic nitrogens is 8. The van der Waals surface area contributed by atoms with Crippen LogP contribution in [-0.2, 0) is 12.7 Å². The molecule has 1 saturated carbocycles. The van der Waals surface area contributed by atoms with Gasteiger partial charge < -0.3 is 14.8 Å². The maximum absolute atomic E-state index is 13.3. The van der Waals surface area contributed by atoms with Gasteiger partial charge in [0.1, 0.15) is 17.7 Å². The number of nitrogens with zero attached hydrogens (tertiary/aromatic N) is 8. The third-order valence-corrected chi connectivity index (χ3v) is 6.72. The summed E-state index contributed by atoms with van der Waals surface area (Å²) in [6.45, 7) is 4.05. The van der Waals surface area contributed by atoms with Crippen molar-refractivity contribution in [1.82, 2.24) is 39.3 Å². The summed E-state index contributed by atoms with van der Waals surface area (Å²) in [5, 5.41) is 5.27. The summed E-state index contributed by atoms with van der Waals surface area (Å²) in [6, 6.07) is 7.09. The predicted molar refractivity (Wildman–Crippen MR) is 148 cm³/mol. The van der Waals surface area contributed by atoms with Gasteiger partial charge in [0.15, 0.2) is 17.2 Å². The van der Waals surface area contributed by atoms with Crippen LogP contribution in [0.15, 0.2) is 49.2 Å². The van der Waals surface area contributed by atoms with Gasteiger partial charge in [-0.1, -0.05) is 24.3 Å². The van der Waals surface area contributed by atoms with Crippen LogP contribution < -0.4 is 4.74 Å². The number of methoxy groups -OCH3 is 1. The van der Waals surface area contributed by atoms with Crippen molar-refractivity contribution in [2.45, 2.75) is 51.4 Å². The zero-order valence-corrected chi connectivity index (χ0v) is 23.2. The van der Waals surface area contributed by atoms with Crippen molar-refractivity contribution >= 4 is 23.4 Å². The summed E-state index contributed by atoms with van der Waals surface area (Å²) >= 11 is 0. The van der Waals surface area contributed by atoms with E-state index < -0.39 is 11.9 Å². The standard InChI is InChI=1S/C27H25F3N8O.ClH.H2O/c1-15(2)37-13-20(27(28,29)30)35-24(37)18-6-4-16(5-7-18)12-38-25-19(11-34-38)10-31-23(36-25)21-22(17-8-9-17)32-14-33-26(21)39-3;;/h4-7,10-11,13-15,17H,8-9,12H2,1-3H3;1H;1H2. The summed E-state index contributed by atoms with van der Waals surface area (Å²) < 4.78 is 48.7. The van der Waals surface area contributed by atoms with Gasteiger partial charge in [0.25, 0.3) is 0 Å². The fourth-order valence-electron chi connectivity index (χ4n) is 4.59. The van der Waals surface area contributed by atoms with E-state index >= 15 is 0 Å². The molecule has 0 aliphatic heterocycles. The number of benzene rings is 1. The van der Waals surface area contributed by atoms with Crippen molar-refractivity contribution in [3.63, 3.8) is 0 Å². The van der Waals surface area contributed by atoms with E-state index in [9.17, 15) is 13.2 Å². The van der Waals surface area contributed by atoms with Gasteiger partial charge in [0.2, 0.25) is 5.88 Å². The molecule has 2 N–H and O–H groups in total. The molecule has 0 radical (unpaired) electrons. The van der Waals surface area contributed by atoms with E-state index in [4.69, 9.17) is 9.72 Å². The van der Waals surface area contributed by atoms with Crippen LogP contribution in [0, 0.1) is 0 Å². The minimum atomic E-state index is -4.51. The van der Waals surface area contributed by atoms with Gasteiger partial charge in [0.05, 0.1) is 30.9 Å². The van der Waals surface area contributed by atoms with Crippen LogP contribution >= 0.6 is 12.4 Å². The van der Waals surface area contributed by atoms with Crippen LogP contribution in [0.2, 0.25) is 0 Å². The lowest BCUT2D eigenvalue weighted by atomic mass is 10.1. The molecule has 4 aromatic heterocycles. The Hall–Kier alpha value is -4.10. The Kier molecular flexibility index (Phi) is 8.31. The molecule has 14 heteroatoms. The average molecular weight is 589 g/mol. The molecule has 0 spiro atoms. The van der Waals surface area contributed by atoms with E-state index in [1.807, 2.05) is 26.0 Å². The number of halogens is 4. The first-order valence-corrected chi connectivity index (χ1v) is 12.6. The molecule has 0 amide bonds. The molecule has 1 aliphatic carbocycles. The van der Waals surface area contributed by atoms with Crippen LogP contribution in [0.5, 0.6) is 5.88 Å². The second-order valence-corrected chi connectivity index (χ2v) is 9.84. The van der Waals surface area contributed by atoms with Crippen molar-refractivity contribution in [1.29, 1.82) is 0 Å². The maximum Gasteiger partial charge on any atom is 0.434 e. The second kappa shape index (κ2) is 11.4.